The average Bonchev–Trinajstić information content (AvgIpc) is 2.68. The third kappa shape index (κ3) is 2.83. The Bertz CT molecular complexity index is 318. The molecule has 0 spiro atoms. The van der Waals surface area contributed by atoms with Gasteiger partial charge in [-0.3, -0.25) is 4.90 Å². The van der Waals surface area contributed by atoms with Crippen molar-refractivity contribution < 1.29 is 0 Å². The van der Waals surface area contributed by atoms with Crippen LogP contribution in [0.1, 0.15) is 30.9 Å². The zero-order chi connectivity index (χ0) is 11.4. The highest BCUT2D eigenvalue weighted by atomic mass is 15.2. The van der Waals surface area contributed by atoms with Gasteiger partial charge in [0, 0.05) is 19.1 Å². The summed E-state index contributed by atoms with van der Waals surface area (Å²) in [6, 6.07) is 9.74. The Kier molecular flexibility index (Phi) is 3.97. The van der Waals surface area contributed by atoms with Crippen LogP contribution in [0.3, 0.4) is 0 Å². The summed E-state index contributed by atoms with van der Waals surface area (Å²) in [4.78, 5) is 2.58. The normalized spacial score (nSPS) is 21.5. The summed E-state index contributed by atoms with van der Waals surface area (Å²) in [7, 11) is 1.99. The monoisotopic (exact) mass is 218 g/mol. The Labute approximate surface area is 98.7 Å². The minimum Gasteiger partial charge on any atom is -0.316 e. The van der Waals surface area contributed by atoms with Crippen molar-refractivity contribution in [1.82, 2.24) is 10.2 Å². The number of benzene rings is 1. The van der Waals surface area contributed by atoms with Gasteiger partial charge in [0.05, 0.1) is 0 Å². The van der Waals surface area contributed by atoms with Crippen molar-refractivity contribution in [3.63, 3.8) is 0 Å². The molecule has 0 amide bonds. The van der Waals surface area contributed by atoms with Gasteiger partial charge in [-0.15, -0.1) is 0 Å². The van der Waals surface area contributed by atoms with Gasteiger partial charge < -0.3 is 5.32 Å². The van der Waals surface area contributed by atoms with Crippen molar-refractivity contribution in [2.24, 2.45) is 0 Å². The van der Waals surface area contributed by atoms with Crippen LogP contribution in [0.15, 0.2) is 24.3 Å². The lowest BCUT2D eigenvalue weighted by Gasteiger charge is -2.20. The van der Waals surface area contributed by atoms with Crippen molar-refractivity contribution in [3.05, 3.63) is 35.4 Å². The van der Waals surface area contributed by atoms with E-state index in [1.165, 1.54) is 30.5 Å². The Morgan fingerprint density at radius 2 is 1.94 bits per heavy atom. The molecule has 88 valence electrons. The van der Waals surface area contributed by atoms with Crippen LogP contribution < -0.4 is 5.32 Å². The number of rotatable bonds is 4. The van der Waals surface area contributed by atoms with Crippen LogP contribution in [0.2, 0.25) is 0 Å². The molecule has 2 rings (SSSR count). The molecule has 0 aromatic heterocycles. The predicted octanol–water partition coefficient (Wildman–Crippen LogP) is 2.39. The van der Waals surface area contributed by atoms with E-state index in [0.29, 0.717) is 0 Å². The van der Waals surface area contributed by atoms with E-state index < -0.39 is 0 Å². The number of nitrogens with one attached hydrogen (secondary N) is 1. The molecule has 16 heavy (non-hydrogen) atoms. The maximum Gasteiger partial charge on any atom is 0.0236 e. The van der Waals surface area contributed by atoms with E-state index in [2.05, 4.69) is 41.4 Å². The summed E-state index contributed by atoms with van der Waals surface area (Å²) >= 11 is 0. The Morgan fingerprint density at radius 1 is 1.25 bits per heavy atom. The molecular formula is C14H22N2. The summed E-state index contributed by atoms with van der Waals surface area (Å²) in [6.07, 6.45) is 2.72. The third-order valence-corrected chi connectivity index (χ3v) is 3.48. The van der Waals surface area contributed by atoms with Crippen LogP contribution in [0, 0.1) is 0 Å². The first-order chi connectivity index (χ1) is 7.79. The molecule has 1 atom stereocenters. The van der Waals surface area contributed by atoms with E-state index in [1.54, 1.807) is 0 Å². The molecule has 1 aliphatic heterocycles. The second kappa shape index (κ2) is 5.46. The topological polar surface area (TPSA) is 15.3 Å². The highest BCUT2D eigenvalue weighted by Crippen LogP contribution is 2.19. The summed E-state index contributed by atoms with van der Waals surface area (Å²) in [5.41, 5.74) is 2.80. The fourth-order valence-corrected chi connectivity index (χ4v) is 2.43. The molecule has 1 unspecified atom stereocenters. The summed E-state index contributed by atoms with van der Waals surface area (Å²) in [5, 5.41) is 3.17. The molecule has 1 N–H and O–H groups in total. The first-order valence-corrected chi connectivity index (χ1v) is 6.26. The fraction of sp³-hybridized carbons (Fsp3) is 0.571. The van der Waals surface area contributed by atoms with E-state index in [1.807, 2.05) is 7.05 Å². The lowest BCUT2D eigenvalue weighted by atomic mass is 10.1. The molecule has 0 bridgehead atoms. The summed E-state index contributed by atoms with van der Waals surface area (Å²) in [6.45, 7) is 5.67. The number of hydrogen-bond donors (Lipinski definition) is 1. The first-order valence-electron chi connectivity index (χ1n) is 6.26. The van der Waals surface area contributed by atoms with E-state index in [-0.39, 0.29) is 0 Å². The molecule has 1 aromatic rings. The van der Waals surface area contributed by atoms with Gasteiger partial charge in [-0.05, 0) is 44.5 Å². The molecule has 0 radical (unpaired) electrons. The minimum atomic E-state index is 0.761. The van der Waals surface area contributed by atoms with Crippen molar-refractivity contribution in [2.75, 3.05) is 13.6 Å². The van der Waals surface area contributed by atoms with Crippen LogP contribution in [-0.4, -0.2) is 24.5 Å². The molecule has 2 nitrogen and oxygen atoms in total. The Balaban J connectivity index is 1.94. The van der Waals surface area contributed by atoms with Crippen molar-refractivity contribution in [1.29, 1.82) is 0 Å². The zero-order valence-corrected chi connectivity index (χ0v) is 10.4. The molecule has 1 heterocycles. The predicted molar refractivity (Wildman–Crippen MR) is 68.3 cm³/mol. The lowest BCUT2D eigenvalue weighted by molar-refractivity contribution is 0.260. The van der Waals surface area contributed by atoms with Crippen molar-refractivity contribution >= 4 is 0 Å². The van der Waals surface area contributed by atoms with Gasteiger partial charge in [0.15, 0.2) is 0 Å². The van der Waals surface area contributed by atoms with Crippen LogP contribution >= 0.6 is 0 Å². The molecule has 1 saturated heterocycles. The van der Waals surface area contributed by atoms with Crippen molar-refractivity contribution in [2.45, 2.75) is 38.9 Å². The summed E-state index contributed by atoms with van der Waals surface area (Å²) < 4.78 is 0. The standard InChI is InChI=1S/C14H22N2/c1-12-4-3-9-16(12)11-14-7-5-13(6-8-14)10-15-2/h5-8,12,15H,3-4,9-11H2,1-2H3. The SMILES string of the molecule is CNCc1ccc(CN2CCCC2C)cc1. The minimum absolute atomic E-state index is 0.761. The number of likely N-dealkylation sites (tertiary alicyclic amines) is 1. The van der Waals surface area contributed by atoms with Crippen LogP contribution in [0.4, 0.5) is 0 Å². The van der Waals surface area contributed by atoms with Gasteiger partial charge in [-0.2, -0.15) is 0 Å². The second-order valence-electron chi connectivity index (χ2n) is 4.81. The zero-order valence-electron chi connectivity index (χ0n) is 10.4. The van der Waals surface area contributed by atoms with Crippen LogP contribution in [0.5, 0.6) is 0 Å². The molecular weight excluding hydrogens is 196 g/mol. The van der Waals surface area contributed by atoms with E-state index in [4.69, 9.17) is 0 Å². The Hall–Kier alpha value is -0.860. The van der Waals surface area contributed by atoms with Gasteiger partial charge >= 0.3 is 0 Å². The maximum atomic E-state index is 3.17. The lowest BCUT2D eigenvalue weighted by Crippen LogP contribution is -2.26. The van der Waals surface area contributed by atoms with Gasteiger partial charge in [-0.1, -0.05) is 24.3 Å². The molecule has 1 fully saturated rings. The quantitative estimate of drug-likeness (QED) is 0.835. The highest BCUT2D eigenvalue weighted by Gasteiger charge is 2.19. The van der Waals surface area contributed by atoms with E-state index >= 15 is 0 Å². The van der Waals surface area contributed by atoms with Gasteiger partial charge in [0.1, 0.15) is 0 Å². The van der Waals surface area contributed by atoms with Gasteiger partial charge in [0.25, 0.3) is 0 Å². The molecule has 0 saturated carbocycles. The highest BCUT2D eigenvalue weighted by molar-refractivity contribution is 5.22. The maximum absolute atomic E-state index is 3.17. The average molecular weight is 218 g/mol. The summed E-state index contributed by atoms with van der Waals surface area (Å²) in [5.74, 6) is 0. The van der Waals surface area contributed by atoms with Crippen LogP contribution in [0.25, 0.3) is 0 Å². The van der Waals surface area contributed by atoms with E-state index in [9.17, 15) is 0 Å². The van der Waals surface area contributed by atoms with E-state index in [0.717, 1.165) is 19.1 Å². The number of hydrogen-bond acceptors (Lipinski definition) is 2. The molecule has 1 aromatic carbocycles. The Morgan fingerprint density at radius 3 is 2.50 bits per heavy atom. The van der Waals surface area contributed by atoms with Gasteiger partial charge in [0.2, 0.25) is 0 Å². The van der Waals surface area contributed by atoms with Gasteiger partial charge in [-0.25, -0.2) is 0 Å². The third-order valence-electron chi connectivity index (χ3n) is 3.48. The molecule has 1 aliphatic rings. The second-order valence-corrected chi connectivity index (χ2v) is 4.81. The molecule has 2 heteroatoms. The smallest absolute Gasteiger partial charge is 0.0236 e. The fourth-order valence-electron chi connectivity index (χ4n) is 2.43. The van der Waals surface area contributed by atoms with Crippen LogP contribution in [-0.2, 0) is 13.1 Å². The molecule has 0 aliphatic carbocycles. The number of nitrogens with zero attached hydrogens (tertiary/aromatic N) is 1. The first kappa shape index (κ1) is 11.6. The van der Waals surface area contributed by atoms with Crippen molar-refractivity contribution in [3.8, 4) is 0 Å². The largest absolute Gasteiger partial charge is 0.316 e.